The Labute approximate surface area is 185 Å². The number of benzene rings is 2. The first-order valence-electron chi connectivity index (χ1n) is 10.5. The average molecular weight is 438 g/mol. The topological polar surface area (TPSA) is 47.5 Å². The molecule has 2 aromatic carbocycles. The maximum Gasteiger partial charge on any atom is 0.225 e. The van der Waals surface area contributed by atoms with E-state index in [1.807, 2.05) is 43.6 Å². The van der Waals surface area contributed by atoms with E-state index < -0.39 is 0 Å². The van der Waals surface area contributed by atoms with Gasteiger partial charge < -0.3 is 14.4 Å². The van der Waals surface area contributed by atoms with Crippen molar-refractivity contribution >= 4 is 17.7 Å². The number of aromatic nitrogens is 2. The third-order valence-corrected chi connectivity index (χ3v) is 6.66. The molecule has 5 nitrogen and oxygen atoms in total. The highest BCUT2D eigenvalue weighted by atomic mass is 32.2. The summed E-state index contributed by atoms with van der Waals surface area (Å²) >= 11 is 1.67. The average Bonchev–Trinajstić information content (AvgIpc) is 3.27. The lowest BCUT2D eigenvalue weighted by atomic mass is 9.98. The summed E-state index contributed by atoms with van der Waals surface area (Å²) in [6.07, 6.45) is 5.64. The SMILES string of the molecule is Cc1cnc(N2CCC(COc3ccc(-c4ccc5c(c4)OCS5)cc3F)CC2)nc1. The van der Waals surface area contributed by atoms with Crippen molar-refractivity contribution in [2.24, 2.45) is 5.92 Å². The molecule has 0 aliphatic carbocycles. The summed E-state index contributed by atoms with van der Waals surface area (Å²) in [5.74, 6) is 2.65. The number of anilines is 1. The summed E-state index contributed by atoms with van der Waals surface area (Å²) in [6.45, 7) is 4.27. The maximum atomic E-state index is 14.7. The Morgan fingerprint density at radius 3 is 2.61 bits per heavy atom. The summed E-state index contributed by atoms with van der Waals surface area (Å²) in [6, 6.07) is 11.2. The molecule has 7 heteroatoms. The largest absolute Gasteiger partial charge is 0.490 e. The summed E-state index contributed by atoms with van der Waals surface area (Å²) in [7, 11) is 0. The Morgan fingerprint density at radius 2 is 1.84 bits per heavy atom. The van der Waals surface area contributed by atoms with Gasteiger partial charge in [0, 0.05) is 25.5 Å². The lowest BCUT2D eigenvalue weighted by Crippen LogP contribution is -2.36. The highest BCUT2D eigenvalue weighted by molar-refractivity contribution is 7.99. The number of hydrogen-bond acceptors (Lipinski definition) is 6. The zero-order valence-corrected chi connectivity index (χ0v) is 18.2. The molecule has 0 amide bonds. The van der Waals surface area contributed by atoms with E-state index in [0.717, 1.165) is 59.2 Å². The molecule has 5 rings (SSSR count). The molecule has 0 spiro atoms. The second-order valence-electron chi connectivity index (χ2n) is 8.02. The van der Waals surface area contributed by atoms with Gasteiger partial charge in [-0.2, -0.15) is 0 Å². The van der Waals surface area contributed by atoms with Gasteiger partial charge in [-0.05, 0) is 66.6 Å². The first-order chi connectivity index (χ1) is 15.2. The number of ether oxygens (including phenoxy) is 2. The number of aryl methyl sites for hydroxylation is 1. The third-order valence-electron chi connectivity index (χ3n) is 5.78. The molecule has 31 heavy (non-hydrogen) atoms. The van der Waals surface area contributed by atoms with Gasteiger partial charge in [-0.3, -0.25) is 0 Å². The Balaban J connectivity index is 1.17. The van der Waals surface area contributed by atoms with Crippen LogP contribution >= 0.6 is 11.8 Å². The minimum Gasteiger partial charge on any atom is -0.490 e. The molecular weight excluding hydrogens is 413 g/mol. The zero-order valence-electron chi connectivity index (χ0n) is 17.4. The molecule has 3 heterocycles. The van der Waals surface area contributed by atoms with Crippen molar-refractivity contribution in [3.8, 4) is 22.6 Å². The fraction of sp³-hybridized carbons (Fsp3) is 0.333. The monoisotopic (exact) mass is 437 g/mol. The summed E-state index contributed by atoms with van der Waals surface area (Å²) in [4.78, 5) is 12.1. The van der Waals surface area contributed by atoms with Gasteiger partial charge in [0.25, 0.3) is 0 Å². The van der Waals surface area contributed by atoms with E-state index in [9.17, 15) is 4.39 Å². The van der Waals surface area contributed by atoms with E-state index in [-0.39, 0.29) is 5.82 Å². The van der Waals surface area contributed by atoms with Crippen molar-refractivity contribution in [1.82, 2.24) is 9.97 Å². The fourth-order valence-corrected chi connectivity index (χ4v) is 4.67. The van der Waals surface area contributed by atoms with Crippen molar-refractivity contribution in [2.45, 2.75) is 24.7 Å². The summed E-state index contributed by atoms with van der Waals surface area (Å²) in [5, 5.41) is 0. The number of hydrogen-bond donors (Lipinski definition) is 0. The number of nitrogens with zero attached hydrogens (tertiary/aromatic N) is 3. The molecule has 0 bridgehead atoms. The Hall–Kier alpha value is -2.80. The smallest absolute Gasteiger partial charge is 0.225 e. The molecule has 1 fully saturated rings. The van der Waals surface area contributed by atoms with Crippen LogP contribution in [-0.2, 0) is 0 Å². The van der Waals surface area contributed by atoms with Crippen LogP contribution in [0.25, 0.3) is 11.1 Å². The first-order valence-corrected chi connectivity index (χ1v) is 11.5. The molecule has 1 saturated heterocycles. The minimum atomic E-state index is -0.334. The van der Waals surface area contributed by atoms with Crippen LogP contribution in [0.3, 0.4) is 0 Å². The normalized spacial score (nSPS) is 16.1. The Morgan fingerprint density at radius 1 is 1.10 bits per heavy atom. The van der Waals surface area contributed by atoms with Gasteiger partial charge in [0.2, 0.25) is 5.95 Å². The van der Waals surface area contributed by atoms with Crippen molar-refractivity contribution in [2.75, 3.05) is 30.5 Å². The Kier molecular flexibility index (Phi) is 5.68. The molecule has 0 atom stereocenters. The van der Waals surface area contributed by atoms with Crippen LogP contribution in [-0.4, -0.2) is 35.6 Å². The predicted octanol–water partition coefficient (Wildman–Crippen LogP) is 5.33. The van der Waals surface area contributed by atoms with Crippen LogP contribution in [0.5, 0.6) is 11.5 Å². The van der Waals surface area contributed by atoms with E-state index in [1.54, 1.807) is 17.8 Å². The highest BCUT2D eigenvalue weighted by Gasteiger charge is 2.22. The van der Waals surface area contributed by atoms with E-state index in [4.69, 9.17) is 9.47 Å². The van der Waals surface area contributed by atoms with Crippen molar-refractivity contribution in [1.29, 1.82) is 0 Å². The number of rotatable bonds is 5. The second-order valence-corrected chi connectivity index (χ2v) is 8.98. The second kappa shape index (κ2) is 8.75. The minimum absolute atomic E-state index is 0.306. The molecular formula is C24H24FN3O2S. The molecule has 3 aromatic rings. The van der Waals surface area contributed by atoms with E-state index >= 15 is 0 Å². The molecule has 1 aromatic heterocycles. The van der Waals surface area contributed by atoms with Gasteiger partial charge >= 0.3 is 0 Å². The molecule has 2 aliphatic heterocycles. The van der Waals surface area contributed by atoms with E-state index in [0.29, 0.717) is 24.2 Å². The summed E-state index contributed by atoms with van der Waals surface area (Å²) in [5.41, 5.74) is 2.82. The van der Waals surface area contributed by atoms with Gasteiger partial charge in [0.15, 0.2) is 11.6 Å². The summed E-state index contributed by atoms with van der Waals surface area (Å²) < 4.78 is 26.1. The number of thioether (sulfide) groups is 1. The number of fused-ring (bicyclic) bond motifs is 1. The number of halogens is 1. The van der Waals surface area contributed by atoms with Crippen LogP contribution in [0.1, 0.15) is 18.4 Å². The van der Waals surface area contributed by atoms with Crippen LogP contribution in [0.4, 0.5) is 10.3 Å². The lowest BCUT2D eigenvalue weighted by Gasteiger charge is -2.31. The lowest BCUT2D eigenvalue weighted by molar-refractivity contribution is 0.215. The molecule has 0 N–H and O–H groups in total. The van der Waals surface area contributed by atoms with E-state index in [1.165, 1.54) is 6.07 Å². The van der Waals surface area contributed by atoms with Crippen LogP contribution in [0, 0.1) is 18.7 Å². The van der Waals surface area contributed by atoms with Crippen LogP contribution < -0.4 is 14.4 Å². The van der Waals surface area contributed by atoms with Gasteiger partial charge in [-0.15, -0.1) is 0 Å². The zero-order chi connectivity index (χ0) is 21.2. The van der Waals surface area contributed by atoms with Gasteiger partial charge in [-0.25, -0.2) is 14.4 Å². The van der Waals surface area contributed by atoms with Crippen LogP contribution in [0.15, 0.2) is 53.7 Å². The van der Waals surface area contributed by atoms with Gasteiger partial charge in [-0.1, -0.05) is 23.9 Å². The Bertz CT molecular complexity index is 1070. The first kappa shape index (κ1) is 20.1. The molecule has 160 valence electrons. The maximum absolute atomic E-state index is 14.7. The van der Waals surface area contributed by atoms with Crippen molar-refractivity contribution < 1.29 is 13.9 Å². The molecule has 0 unspecified atom stereocenters. The number of piperidine rings is 1. The highest BCUT2D eigenvalue weighted by Crippen LogP contribution is 2.39. The standard InChI is InChI=1S/C24H24FN3O2S/c1-16-12-26-24(27-13-16)28-8-6-17(7-9-28)14-29-21-4-2-18(10-20(21)25)19-3-5-23-22(11-19)30-15-31-23/h2-5,10-13,17H,6-9,14-15H2,1H3. The molecule has 2 aliphatic rings. The van der Waals surface area contributed by atoms with Crippen molar-refractivity contribution in [3.63, 3.8) is 0 Å². The predicted molar refractivity (Wildman–Crippen MR) is 120 cm³/mol. The quantitative estimate of drug-likeness (QED) is 0.538. The van der Waals surface area contributed by atoms with Gasteiger partial charge in [0.05, 0.1) is 11.5 Å². The third kappa shape index (κ3) is 4.46. The van der Waals surface area contributed by atoms with E-state index in [2.05, 4.69) is 14.9 Å². The fourth-order valence-electron chi connectivity index (χ4n) is 3.93. The molecule has 0 radical (unpaired) electrons. The van der Waals surface area contributed by atoms with Crippen LogP contribution in [0.2, 0.25) is 0 Å². The molecule has 0 saturated carbocycles. The van der Waals surface area contributed by atoms with Crippen molar-refractivity contribution in [3.05, 3.63) is 60.2 Å². The van der Waals surface area contributed by atoms with Gasteiger partial charge in [0.1, 0.15) is 11.7 Å².